The molecule has 6 nitrogen and oxygen atoms in total. The Bertz CT molecular complexity index is 1120. The molecule has 2 aromatic carbocycles. The van der Waals surface area contributed by atoms with Gasteiger partial charge in [-0.3, -0.25) is 9.52 Å². The minimum Gasteiger partial charge on any atom is -0.328 e. The molecule has 7 heteroatoms. The fourth-order valence-electron chi connectivity index (χ4n) is 3.29. The van der Waals surface area contributed by atoms with Crippen molar-refractivity contribution in [2.75, 3.05) is 4.72 Å². The molecule has 0 atom stereocenters. The third-order valence-electron chi connectivity index (χ3n) is 4.70. The van der Waals surface area contributed by atoms with Crippen LogP contribution in [0.15, 0.2) is 59.6 Å². The maximum atomic E-state index is 12.6. The predicted octanol–water partition coefficient (Wildman–Crippen LogP) is 3.50. The average molecular weight is 381 g/mol. The second kappa shape index (κ2) is 6.66. The van der Waals surface area contributed by atoms with Gasteiger partial charge in [0, 0.05) is 24.2 Å². The Kier molecular flexibility index (Phi) is 4.31. The molecule has 0 bridgehead atoms. The van der Waals surface area contributed by atoms with Crippen molar-refractivity contribution in [1.29, 1.82) is 0 Å². The van der Waals surface area contributed by atoms with Gasteiger partial charge in [0.25, 0.3) is 10.0 Å². The summed E-state index contributed by atoms with van der Waals surface area (Å²) in [5.41, 5.74) is 2.87. The minimum atomic E-state index is -3.77. The number of ketones is 1. The average Bonchev–Trinajstić information content (AvgIpc) is 3.26. The summed E-state index contributed by atoms with van der Waals surface area (Å²) in [7, 11) is -3.77. The molecule has 1 aliphatic rings. The Labute approximate surface area is 157 Å². The molecule has 1 N–H and O–H groups in total. The van der Waals surface area contributed by atoms with E-state index >= 15 is 0 Å². The summed E-state index contributed by atoms with van der Waals surface area (Å²) in [4.78, 5) is 16.0. The lowest BCUT2D eigenvalue weighted by Crippen LogP contribution is -2.13. The van der Waals surface area contributed by atoms with Crippen molar-refractivity contribution < 1.29 is 13.2 Å². The fourth-order valence-corrected chi connectivity index (χ4v) is 4.40. The first-order valence-corrected chi connectivity index (χ1v) is 10.2. The monoisotopic (exact) mass is 381 g/mol. The van der Waals surface area contributed by atoms with E-state index in [1.807, 2.05) is 18.3 Å². The van der Waals surface area contributed by atoms with Gasteiger partial charge in [-0.25, -0.2) is 13.4 Å². The molecule has 0 unspecified atom stereocenters. The molecule has 2 heterocycles. The lowest BCUT2D eigenvalue weighted by Gasteiger charge is -2.10. The molecule has 0 radical (unpaired) electrons. The number of sulfonamides is 1. The summed E-state index contributed by atoms with van der Waals surface area (Å²) >= 11 is 0. The lowest BCUT2D eigenvalue weighted by molar-refractivity contribution is 0.101. The number of Topliss-reactive ketones (excluding diaryl/α,β-unsaturated/α-hetero) is 1. The third-order valence-corrected chi connectivity index (χ3v) is 6.08. The Morgan fingerprint density at radius 1 is 1.15 bits per heavy atom. The van der Waals surface area contributed by atoms with E-state index in [0.29, 0.717) is 11.3 Å². The van der Waals surface area contributed by atoms with Crippen molar-refractivity contribution in [1.82, 2.24) is 9.55 Å². The van der Waals surface area contributed by atoms with Crippen LogP contribution in [0.4, 0.5) is 5.69 Å². The zero-order valence-electron chi connectivity index (χ0n) is 14.8. The van der Waals surface area contributed by atoms with Crippen LogP contribution in [0.2, 0.25) is 0 Å². The first-order valence-electron chi connectivity index (χ1n) is 8.73. The number of aromatic nitrogens is 2. The summed E-state index contributed by atoms with van der Waals surface area (Å²) < 4.78 is 30.0. The zero-order valence-corrected chi connectivity index (χ0v) is 15.7. The molecule has 0 spiro atoms. The maximum absolute atomic E-state index is 12.6. The summed E-state index contributed by atoms with van der Waals surface area (Å²) in [5.74, 6) is 0.921. The lowest BCUT2D eigenvalue weighted by atomic mass is 10.1. The second-order valence-electron chi connectivity index (χ2n) is 6.58. The highest BCUT2D eigenvalue weighted by atomic mass is 32.2. The van der Waals surface area contributed by atoms with Gasteiger partial charge < -0.3 is 4.57 Å². The molecule has 27 heavy (non-hydrogen) atoms. The van der Waals surface area contributed by atoms with Gasteiger partial charge in [-0.2, -0.15) is 0 Å². The van der Waals surface area contributed by atoms with E-state index in [0.717, 1.165) is 36.5 Å². The van der Waals surface area contributed by atoms with Crippen LogP contribution in [0.5, 0.6) is 0 Å². The van der Waals surface area contributed by atoms with Crippen molar-refractivity contribution in [3.63, 3.8) is 0 Å². The highest BCUT2D eigenvalue weighted by Gasteiger charge is 2.18. The number of hydrogen-bond donors (Lipinski definition) is 1. The number of imidazole rings is 1. The summed E-state index contributed by atoms with van der Waals surface area (Å²) in [6.07, 6.45) is 3.96. The number of carbonyl (C=O) groups is 1. The molecule has 138 valence electrons. The smallest absolute Gasteiger partial charge is 0.261 e. The quantitative estimate of drug-likeness (QED) is 0.686. The number of nitrogens with zero attached hydrogens (tertiary/aromatic N) is 2. The van der Waals surface area contributed by atoms with Crippen molar-refractivity contribution in [3.8, 4) is 11.3 Å². The van der Waals surface area contributed by atoms with Crippen LogP contribution in [0, 0.1) is 0 Å². The van der Waals surface area contributed by atoms with Crippen molar-refractivity contribution in [3.05, 3.63) is 66.1 Å². The van der Waals surface area contributed by atoms with Crippen LogP contribution in [-0.4, -0.2) is 23.8 Å². The maximum Gasteiger partial charge on any atom is 0.261 e. The van der Waals surface area contributed by atoms with Crippen LogP contribution in [-0.2, 0) is 23.0 Å². The van der Waals surface area contributed by atoms with E-state index in [4.69, 9.17) is 0 Å². The molecular weight excluding hydrogens is 362 g/mol. The Hall–Kier alpha value is -2.93. The van der Waals surface area contributed by atoms with E-state index < -0.39 is 10.0 Å². The summed E-state index contributed by atoms with van der Waals surface area (Å²) in [5, 5.41) is 0. The number of fused-ring (bicyclic) bond motifs is 1. The Morgan fingerprint density at radius 2 is 1.93 bits per heavy atom. The van der Waals surface area contributed by atoms with E-state index in [1.54, 1.807) is 24.3 Å². The molecule has 0 fully saturated rings. The number of rotatable bonds is 5. The Balaban J connectivity index is 1.57. The molecule has 0 saturated heterocycles. The third kappa shape index (κ3) is 3.38. The van der Waals surface area contributed by atoms with Gasteiger partial charge in [0.1, 0.15) is 5.82 Å². The van der Waals surface area contributed by atoms with Crippen LogP contribution in [0.3, 0.4) is 0 Å². The van der Waals surface area contributed by atoms with Gasteiger partial charge in [0.05, 0.1) is 16.8 Å². The van der Waals surface area contributed by atoms with E-state index in [2.05, 4.69) is 14.3 Å². The number of benzene rings is 2. The predicted molar refractivity (Wildman–Crippen MR) is 103 cm³/mol. The molecule has 4 rings (SSSR count). The van der Waals surface area contributed by atoms with Crippen LogP contribution in [0.1, 0.15) is 29.5 Å². The number of aryl methyl sites for hydroxylation is 1. The van der Waals surface area contributed by atoms with Gasteiger partial charge in [-0.1, -0.05) is 24.3 Å². The molecule has 1 aromatic heterocycles. The first kappa shape index (κ1) is 17.5. The van der Waals surface area contributed by atoms with Gasteiger partial charge in [0.2, 0.25) is 0 Å². The van der Waals surface area contributed by atoms with Crippen LogP contribution < -0.4 is 4.72 Å². The number of hydrogen-bond acceptors (Lipinski definition) is 4. The van der Waals surface area contributed by atoms with Gasteiger partial charge in [-0.15, -0.1) is 0 Å². The molecule has 3 aromatic rings. The molecule has 0 amide bonds. The van der Waals surface area contributed by atoms with Gasteiger partial charge in [-0.05, 0) is 43.2 Å². The van der Waals surface area contributed by atoms with Crippen LogP contribution >= 0.6 is 0 Å². The number of nitrogens with one attached hydrogen (secondary N) is 1. The van der Waals surface area contributed by atoms with Gasteiger partial charge >= 0.3 is 0 Å². The number of carbonyl (C=O) groups excluding carboxylic acids is 1. The van der Waals surface area contributed by atoms with Gasteiger partial charge in [0.15, 0.2) is 5.78 Å². The van der Waals surface area contributed by atoms with Crippen molar-refractivity contribution in [2.45, 2.75) is 31.2 Å². The minimum absolute atomic E-state index is 0.0629. The molecule has 0 aliphatic carbocycles. The fraction of sp³-hybridized carbons (Fsp3) is 0.200. The summed E-state index contributed by atoms with van der Waals surface area (Å²) in [6, 6.07) is 13.2. The Morgan fingerprint density at radius 3 is 2.67 bits per heavy atom. The van der Waals surface area contributed by atoms with E-state index in [9.17, 15) is 13.2 Å². The molecule has 1 aliphatic heterocycles. The summed E-state index contributed by atoms with van der Waals surface area (Å²) in [6.45, 7) is 2.37. The van der Waals surface area contributed by atoms with Crippen molar-refractivity contribution >= 4 is 21.5 Å². The van der Waals surface area contributed by atoms with E-state index in [1.165, 1.54) is 19.1 Å². The largest absolute Gasteiger partial charge is 0.328 e. The van der Waals surface area contributed by atoms with E-state index in [-0.39, 0.29) is 10.7 Å². The van der Waals surface area contributed by atoms with Crippen molar-refractivity contribution in [2.24, 2.45) is 0 Å². The normalized spacial score (nSPS) is 13.4. The highest BCUT2D eigenvalue weighted by Crippen LogP contribution is 2.27. The highest BCUT2D eigenvalue weighted by molar-refractivity contribution is 7.92. The zero-order chi connectivity index (χ0) is 19.0. The molecular formula is C20H19N3O3S. The SMILES string of the molecule is CC(=O)c1cccc(S(=O)(=O)Nc2ccc(-c3cnc4n3CCC4)cc2)c1. The second-order valence-corrected chi connectivity index (χ2v) is 8.26. The topological polar surface area (TPSA) is 81.1 Å². The first-order chi connectivity index (χ1) is 12.9. The van der Waals surface area contributed by atoms with Crippen LogP contribution in [0.25, 0.3) is 11.3 Å². The standard InChI is InChI=1S/C20H19N3O3S/c1-14(24)16-4-2-5-18(12-16)27(25,26)22-17-9-7-15(8-10-17)19-13-21-20-6-3-11-23(19)20/h2,4-5,7-10,12-13,22H,3,6,11H2,1H3. The number of anilines is 1. The molecule has 0 saturated carbocycles.